The fraction of sp³-hybridized carbons (Fsp3) is 0.889. The smallest absolute Gasteiger partial charge is 0.240 e. The molecule has 0 fully saturated rings. The maximum Gasteiger partial charge on any atom is 0.240 e. The molecule has 0 saturated heterocycles. The molecule has 0 heterocycles. The third kappa shape index (κ3) is 15.3. The summed E-state index contributed by atoms with van der Waals surface area (Å²) in [6.07, 6.45) is 15.4. The molecule has 1 N–H and O–H groups in total. The largest absolute Gasteiger partial charge is 0.273 e. The number of hydrogen-bond acceptors (Lipinski definition) is 2. The average molecular weight is 296 g/mol. The SMILES string of the molecule is CCCCCCCCCCCC(=O)N/N=C(\C)CCCC. The minimum absolute atomic E-state index is 0.0637. The second-order valence-corrected chi connectivity index (χ2v) is 6.06. The first-order chi connectivity index (χ1) is 10.2. The van der Waals surface area contributed by atoms with Crippen molar-refractivity contribution in [1.82, 2.24) is 5.43 Å². The lowest BCUT2D eigenvalue weighted by molar-refractivity contribution is -0.121. The van der Waals surface area contributed by atoms with E-state index >= 15 is 0 Å². The Balaban J connectivity index is 3.37. The first-order valence-electron chi connectivity index (χ1n) is 9.02. The number of carbonyl (C=O) groups is 1. The Morgan fingerprint density at radius 1 is 0.762 bits per heavy atom. The van der Waals surface area contributed by atoms with E-state index in [9.17, 15) is 4.79 Å². The van der Waals surface area contributed by atoms with Gasteiger partial charge in [-0.3, -0.25) is 4.79 Å². The van der Waals surface area contributed by atoms with Crippen LogP contribution in [0, 0.1) is 0 Å². The molecular formula is C18H36N2O. The number of hydrazone groups is 1. The molecule has 3 nitrogen and oxygen atoms in total. The van der Waals surface area contributed by atoms with Gasteiger partial charge < -0.3 is 0 Å². The molecule has 0 unspecified atom stereocenters. The number of nitrogens with one attached hydrogen (secondary N) is 1. The maximum absolute atomic E-state index is 11.6. The van der Waals surface area contributed by atoms with Crippen LogP contribution in [0.15, 0.2) is 5.10 Å². The molecule has 0 aliphatic rings. The molecule has 0 aromatic carbocycles. The molecule has 0 radical (unpaired) electrons. The fourth-order valence-corrected chi connectivity index (χ4v) is 2.30. The van der Waals surface area contributed by atoms with Gasteiger partial charge in [-0.1, -0.05) is 71.6 Å². The van der Waals surface area contributed by atoms with Gasteiger partial charge in [-0.05, 0) is 26.2 Å². The molecule has 0 bridgehead atoms. The highest BCUT2D eigenvalue weighted by Gasteiger charge is 2.00. The van der Waals surface area contributed by atoms with Gasteiger partial charge in [0.05, 0.1) is 0 Å². The van der Waals surface area contributed by atoms with E-state index in [4.69, 9.17) is 0 Å². The molecule has 1 amide bonds. The van der Waals surface area contributed by atoms with Gasteiger partial charge in [-0.15, -0.1) is 0 Å². The van der Waals surface area contributed by atoms with Crippen LogP contribution in [0.3, 0.4) is 0 Å². The summed E-state index contributed by atoms with van der Waals surface area (Å²) in [6.45, 7) is 6.39. The van der Waals surface area contributed by atoms with Gasteiger partial charge in [0.1, 0.15) is 0 Å². The van der Waals surface area contributed by atoms with Gasteiger partial charge in [0.2, 0.25) is 5.91 Å². The highest BCUT2D eigenvalue weighted by Crippen LogP contribution is 2.10. The van der Waals surface area contributed by atoms with Gasteiger partial charge in [0, 0.05) is 12.1 Å². The predicted molar refractivity (Wildman–Crippen MR) is 92.6 cm³/mol. The highest BCUT2D eigenvalue weighted by molar-refractivity contribution is 5.84. The maximum atomic E-state index is 11.6. The molecule has 21 heavy (non-hydrogen) atoms. The van der Waals surface area contributed by atoms with Gasteiger partial charge in [-0.25, -0.2) is 5.43 Å². The van der Waals surface area contributed by atoms with Gasteiger partial charge in [-0.2, -0.15) is 5.10 Å². The minimum Gasteiger partial charge on any atom is -0.273 e. The number of hydrogen-bond donors (Lipinski definition) is 1. The molecule has 0 atom stereocenters. The number of rotatable bonds is 14. The second kappa shape index (κ2) is 15.5. The Kier molecular flexibility index (Phi) is 14.9. The van der Waals surface area contributed by atoms with Crippen molar-refractivity contribution in [3.05, 3.63) is 0 Å². The van der Waals surface area contributed by atoms with Crippen LogP contribution in [0.4, 0.5) is 0 Å². The van der Waals surface area contributed by atoms with Gasteiger partial charge in [0.15, 0.2) is 0 Å². The minimum atomic E-state index is 0.0637. The molecule has 0 rings (SSSR count). The van der Waals surface area contributed by atoms with Crippen molar-refractivity contribution in [3.63, 3.8) is 0 Å². The summed E-state index contributed by atoms with van der Waals surface area (Å²) in [4.78, 5) is 11.6. The van der Waals surface area contributed by atoms with Gasteiger partial charge in [0.25, 0.3) is 0 Å². The van der Waals surface area contributed by atoms with Crippen LogP contribution in [-0.2, 0) is 4.79 Å². The van der Waals surface area contributed by atoms with E-state index in [1.165, 1.54) is 57.8 Å². The molecule has 0 spiro atoms. The Labute approximate surface area is 132 Å². The standard InChI is InChI=1S/C18H36N2O/c1-4-6-8-9-10-11-12-13-14-16-18(21)20-19-17(3)15-7-5-2/h4-16H2,1-3H3,(H,20,21)/b19-17+. The third-order valence-electron chi connectivity index (χ3n) is 3.77. The van der Waals surface area contributed by atoms with Crippen LogP contribution < -0.4 is 5.43 Å². The fourth-order valence-electron chi connectivity index (χ4n) is 2.30. The number of unbranched alkanes of at least 4 members (excludes halogenated alkanes) is 9. The quantitative estimate of drug-likeness (QED) is 0.253. The molecule has 0 aliphatic heterocycles. The van der Waals surface area contributed by atoms with Crippen LogP contribution in [0.2, 0.25) is 0 Å². The Morgan fingerprint density at radius 3 is 1.86 bits per heavy atom. The van der Waals surface area contributed by atoms with Crippen LogP contribution in [0.5, 0.6) is 0 Å². The van der Waals surface area contributed by atoms with E-state index < -0.39 is 0 Å². The predicted octanol–water partition coefficient (Wildman–Crippen LogP) is 5.59. The summed E-state index contributed by atoms with van der Waals surface area (Å²) in [5.41, 5.74) is 3.69. The monoisotopic (exact) mass is 296 g/mol. The van der Waals surface area contributed by atoms with Gasteiger partial charge >= 0.3 is 0 Å². The zero-order valence-electron chi connectivity index (χ0n) is 14.5. The summed E-state index contributed by atoms with van der Waals surface area (Å²) < 4.78 is 0. The highest BCUT2D eigenvalue weighted by atomic mass is 16.2. The first kappa shape index (κ1) is 20.1. The van der Waals surface area contributed by atoms with Crippen LogP contribution in [-0.4, -0.2) is 11.6 Å². The van der Waals surface area contributed by atoms with Crippen LogP contribution in [0.1, 0.15) is 104 Å². The normalized spacial score (nSPS) is 11.7. The van der Waals surface area contributed by atoms with Crippen molar-refractivity contribution in [3.8, 4) is 0 Å². The summed E-state index contributed by atoms with van der Waals surface area (Å²) in [7, 11) is 0. The summed E-state index contributed by atoms with van der Waals surface area (Å²) in [6, 6.07) is 0. The lowest BCUT2D eigenvalue weighted by Crippen LogP contribution is -2.18. The Hall–Kier alpha value is -0.860. The van der Waals surface area contributed by atoms with Crippen molar-refractivity contribution >= 4 is 11.6 Å². The van der Waals surface area contributed by atoms with E-state index in [1.807, 2.05) is 6.92 Å². The zero-order chi connectivity index (χ0) is 15.8. The third-order valence-corrected chi connectivity index (χ3v) is 3.77. The number of amides is 1. The van der Waals surface area contributed by atoms with Crippen LogP contribution >= 0.6 is 0 Å². The van der Waals surface area contributed by atoms with E-state index in [1.54, 1.807) is 0 Å². The zero-order valence-corrected chi connectivity index (χ0v) is 14.5. The first-order valence-corrected chi connectivity index (χ1v) is 9.02. The van der Waals surface area contributed by atoms with Crippen LogP contribution in [0.25, 0.3) is 0 Å². The van der Waals surface area contributed by atoms with Crippen molar-refractivity contribution in [1.29, 1.82) is 0 Å². The van der Waals surface area contributed by atoms with Crippen molar-refractivity contribution in [2.24, 2.45) is 5.10 Å². The summed E-state index contributed by atoms with van der Waals surface area (Å²) in [5, 5.41) is 4.14. The summed E-state index contributed by atoms with van der Waals surface area (Å²) >= 11 is 0. The molecule has 3 heteroatoms. The average Bonchev–Trinajstić information content (AvgIpc) is 2.49. The van der Waals surface area contributed by atoms with E-state index in [0.29, 0.717) is 6.42 Å². The molecular weight excluding hydrogens is 260 g/mol. The topological polar surface area (TPSA) is 41.5 Å². The van der Waals surface area contributed by atoms with E-state index in [2.05, 4.69) is 24.4 Å². The Morgan fingerprint density at radius 2 is 1.29 bits per heavy atom. The van der Waals surface area contributed by atoms with Crippen molar-refractivity contribution in [2.45, 2.75) is 104 Å². The summed E-state index contributed by atoms with van der Waals surface area (Å²) in [5.74, 6) is 0.0637. The molecule has 124 valence electrons. The molecule has 0 saturated carbocycles. The van der Waals surface area contributed by atoms with Crippen molar-refractivity contribution < 1.29 is 4.79 Å². The number of carbonyl (C=O) groups excluding carboxylic acids is 1. The molecule has 0 aromatic heterocycles. The molecule has 0 aromatic rings. The number of nitrogens with zero attached hydrogens (tertiary/aromatic N) is 1. The Bertz CT molecular complexity index is 274. The van der Waals surface area contributed by atoms with E-state index in [0.717, 1.165) is 25.0 Å². The molecule has 0 aliphatic carbocycles. The lowest BCUT2D eigenvalue weighted by Gasteiger charge is -2.03. The van der Waals surface area contributed by atoms with E-state index in [-0.39, 0.29) is 5.91 Å². The second-order valence-electron chi connectivity index (χ2n) is 6.06. The lowest BCUT2D eigenvalue weighted by atomic mass is 10.1. The van der Waals surface area contributed by atoms with Crippen molar-refractivity contribution in [2.75, 3.05) is 0 Å².